The summed E-state index contributed by atoms with van der Waals surface area (Å²) in [5.41, 5.74) is 0. The van der Waals surface area contributed by atoms with E-state index in [0.717, 1.165) is 31.6 Å². The molecule has 1 saturated heterocycles. The van der Waals surface area contributed by atoms with E-state index >= 15 is 0 Å². The van der Waals surface area contributed by atoms with Crippen LogP contribution in [0.1, 0.15) is 30.0 Å². The van der Waals surface area contributed by atoms with Crippen LogP contribution in [0.3, 0.4) is 0 Å². The SMILES string of the molecule is CC(C)CNCc1ccc(CN(C)C2CCSC2)s1. The second-order valence-corrected chi connectivity index (χ2v) is 8.23. The van der Waals surface area contributed by atoms with Gasteiger partial charge >= 0.3 is 0 Å². The van der Waals surface area contributed by atoms with Gasteiger partial charge in [-0.3, -0.25) is 4.90 Å². The summed E-state index contributed by atoms with van der Waals surface area (Å²) < 4.78 is 0. The van der Waals surface area contributed by atoms with E-state index in [2.05, 4.69) is 55.0 Å². The molecule has 0 amide bonds. The van der Waals surface area contributed by atoms with Crippen LogP contribution in [0.15, 0.2) is 12.1 Å². The van der Waals surface area contributed by atoms with Crippen LogP contribution in [0.25, 0.3) is 0 Å². The summed E-state index contributed by atoms with van der Waals surface area (Å²) in [5.74, 6) is 3.37. The Morgan fingerprint density at radius 2 is 2.16 bits per heavy atom. The molecule has 0 radical (unpaired) electrons. The van der Waals surface area contributed by atoms with Crippen LogP contribution >= 0.6 is 23.1 Å². The molecule has 1 aliphatic heterocycles. The van der Waals surface area contributed by atoms with Crippen molar-refractivity contribution in [3.63, 3.8) is 0 Å². The maximum atomic E-state index is 3.52. The molecule has 1 atom stereocenters. The maximum Gasteiger partial charge on any atom is 0.0328 e. The summed E-state index contributed by atoms with van der Waals surface area (Å²) in [6.45, 7) is 7.74. The van der Waals surface area contributed by atoms with Gasteiger partial charge in [0.15, 0.2) is 0 Å². The van der Waals surface area contributed by atoms with Gasteiger partial charge in [0.05, 0.1) is 0 Å². The van der Waals surface area contributed by atoms with E-state index in [1.165, 1.54) is 27.7 Å². The van der Waals surface area contributed by atoms with Crippen molar-refractivity contribution in [2.75, 3.05) is 25.1 Å². The minimum absolute atomic E-state index is 0.727. The molecule has 4 heteroatoms. The minimum Gasteiger partial charge on any atom is -0.312 e. The van der Waals surface area contributed by atoms with Gasteiger partial charge in [0, 0.05) is 34.6 Å². The van der Waals surface area contributed by atoms with E-state index in [9.17, 15) is 0 Å². The lowest BCUT2D eigenvalue weighted by Gasteiger charge is -2.22. The van der Waals surface area contributed by atoms with Crippen molar-refractivity contribution in [1.29, 1.82) is 0 Å². The number of nitrogens with zero attached hydrogens (tertiary/aromatic N) is 1. The highest BCUT2D eigenvalue weighted by molar-refractivity contribution is 7.99. The predicted octanol–water partition coefficient (Wildman–Crippen LogP) is 3.43. The zero-order chi connectivity index (χ0) is 13.7. The van der Waals surface area contributed by atoms with Gasteiger partial charge in [0.2, 0.25) is 0 Å². The fourth-order valence-corrected chi connectivity index (χ4v) is 4.68. The molecule has 2 heterocycles. The van der Waals surface area contributed by atoms with Crippen LogP contribution in [0.2, 0.25) is 0 Å². The van der Waals surface area contributed by atoms with E-state index in [4.69, 9.17) is 0 Å². The van der Waals surface area contributed by atoms with Crippen molar-refractivity contribution in [1.82, 2.24) is 10.2 Å². The summed E-state index contributed by atoms with van der Waals surface area (Å²) in [4.78, 5) is 5.49. The molecule has 0 bridgehead atoms. The van der Waals surface area contributed by atoms with Crippen LogP contribution in [-0.4, -0.2) is 36.0 Å². The Balaban J connectivity index is 1.76. The van der Waals surface area contributed by atoms with Gasteiger partial charge in [0.25, 0.3) is 0 Å². The normalized spacial score (nSPS) is 19.7. The zero-order valence-corrected chi connectivity index (χ0v) is 13.9. The average Bonchev–Trinajstić information content (AvgIpc) is 2.99. The Morgan fingerprint density at radius 1 is 1.37 bits per heavy atom. The fourth-order valence-electron chi connectivity index (χ4n) is 2.33. The van der Waals surface area contributed by atoms with Crippen molar-refractivity contribution in [3.8, 4) is 0 Å². The summed E-state index contributed by atoms with van der Waals surface area (Å²) in [6.07, 6.45) is 1.36. The van der Waals surface area contributed by atoms with Crippen LogP contribution in [0.5, 0.6) is 0 Å². The predicted molar refractivity (Wildman–Crippen MR) is 88.1 cm³/mol. The molecule has 108 valence electrons. The maximum absolute atomic E-state index is 3.52. The highest BCUT2D eigenvalue weighted by atomic mass is 32.2. The topological polar surface area (TPSA) is 15.3 Å². The number of thiophene rings is 1. The molecule has 1 aromatic rings. The van der Waals surface area contributed by atoms with Crippen molar-refractivity contribution in [2.45, 2.75) is 39.4 Å². The smallest absolute Gasteiger partial charge is 0.0328 e. The lowest BCUT2D eigenvalue weighted by atomic mass is 10.2. The molecule has 1 N–H and O–H groups in total. The number of hydrogen-bond donors (Lipinski definition) is 1. The molecule has 0 aromatic carbocycles. The van der Waals surface area contributed by atoms with Gasteiger partial charge in [-0.1, -0.05) is 13.8 Å². The lowest BCUT2D eigenvalue weighted by molar-refractivity contribution is 0.256. The summed E-state index contributed by atoms with van der Waals surface area (Å²) >= 11 is 4.05. The molecule has 0 aliphatic carbocycles. The monoisotopic (exact) mass is 298 g/mol. The number of thioether (sulfide) groups is 1. The molecule has 0 saturated carbocycles. The van der Waals surface area contributed by atoms with Gasteiger partial charge in [-0.05, 0) is 43.8 Å². The quantitative estimate of drug-likeness (QED) is 0.830. The molecule has 2 nitrogen and oxygen atoms in total. The average molecular weight is 299 g/mol. The molecule has 1 fully saturated rings. The van der Waals surface area contributed by atoms with E-state index in [1.54, 1.807) is 0 Å². The van der Waals surface area contributed by atoms with Gasteiger partial charge in [-0.25, -0.2) is 0 Å². The minimum atomic E-state index is 0.727. The van der Waals surface area contributed by atoms with Crippen molar-refractivity contribution < 1.29 is 0 Å². The Kier molecular flexibility index (Phi) is 6.20. The van der Waals surface area contributed by atoms with Crippen molar-refractivity contribution >= 4 is 23.1 Å². The Labute approximate surface area is 126 Å². The first-order valence-electron chi connectivity index (χ1n) is 7.21. The summed E-state index contributed by atoms with van der Waals surface area (Å²) in [5, 5.41) is 3.52. The summed E-state index contributed by atoms with van der Waals surface area (Å²) in [6, 6.07) is 5.37. The third-order valence-corrected chi connectivity index (χ3v) is 5.72. The third-order valence-electron chi connectivity index (χ3n) is 3.50. The van der Waals surface area contributed by atoms with E-state index < -0.39 is 0 Å². The van der Waals surface area contributed by atoms with Gasteiger partial charge in [0.1, 0.15) is 0 Å². The first-order chi connectivity index (χ1) is 9.15. The highest BCUT2D eigenvalue weighted by Gasteiger charge is 2.20. The Hall–Kier alpha value is -0.0300. The molecular weight excluding hydrogens is 272 g/mol. The lowest BCUT2D eigenvalue weighted by Crippen LogP contribution is -2.30. The second kappa shape index (κ2) is 7.67. The molecule has 1 aliphatic rings. The van der Waals surface area contributed by atoms with Crippen LogP contribution in [0.4, 0.5) is 0 Å². The number of nitrogens with one attached hydrogen (secondary N) is 1. The van der Waals surface area contributed by atoms with E-state index in [-0.39, 0.29) is 0 Å². The second-order valence-electron chi connectivity index (χ2n) is 5.83. The fraction of sp³-hybridized carbons (Fsp3) is 0.733. The first kappa shape index (κ1) is 15.4. The molecular formula is C15H26N2S2. The molecule has 0 spiro atoms. The molecule has 2 rings (SSSR count). The van der Waals surface area contributed by atoms with Crippen molar-refractivity contribution in [2.24, 2.45) is 5.92 Å². The Morgan fingerprint density at radius 3 is 2.84 bits per heavy atom. The van der Waals surface area contributed by atoms with Crippen molar-refractivity contribution in [3.05, 3.63) is 21.9 Å². The largest absolute Gasteiger partial charge is 0.312 e. The molecule has 19 heavy (non-hydrogen) atoms. The molecule has 1 unspecified atom stereocenters. The van der Waals surface area contributed by atoms with E-state index in [0.29, 0.717) is 0 Å². The first-order valence-corrected chi connectivity index (χ1v) is 9.18. The standard InChI is InChI=1S/C15H26N2S2/c1-12(2)8-16-9-14-4-5-15(19-14)10-17(3)13-6-7-18-11-13/h4-5,12-13,16H,6-11H2,1-3H3. The van der Waals surface area contributed by atoms with E-state index in [1.807, 2.05) is 11.3 Å². The van der Waals surface area contributed by atoms with Crippen LogP contribution in [-0.2, 0) is 13.1 Å². The zero-order valence-electron chi connectivity index (χ0n) is 12.3. The number of hydrogen-bond acceptors (Lipinski definition) is 4. The Bertz CT molecular complexity index is 370. The highest BCUT2D eigenvalue weighted by Crippen LogP contribution is 2.24. The molecule has 1 aromatic heterocycles. The third kappa shape index (κ3) is 5.10. The number of rotatable bonds is 7. The van der Waals surface area contributed by atoms with Gasteiger partial charge < -0.3 is 5.32 Å². The van der Waals surface area contributed by atoms with Crippen LogP contribution < -0.4 is 5.32 Å². The summed E-state index contributed by atoms with van der Waals surface area (Å²) in [7, 11) is 2.27. The van der Waals surface area contributed by atoms with Gasteiger partial charge in [-0.2, -0.15) is 11.8 Å². The van der Waals surface area contributed by atoms with Crippen LogP contribution in [0, 0.1) is 5.92 Å². The van der Waals surface area contributed by atoms with Gasteiger partial charge in [-0.15, -0.1) is 11.3 Å².